The average molecular weight is 447 g/mol. The van der Waals surface area contributed by atoms with Crippen molar-refractivity contribution >= 4 is 17.4 Å². The highest BCUT2D eigenvalue weighted by Gasteiger charge is 2.25. The van der Waals surface area contributed by atoms with Gasteiger partial charge in [0.1, 0.15) is 5.82 Å². The lowest BCUT2D eigenvalue weighted by atomic mass is 9.96. The van der Waals surface area contributed by atoms with Gasteiger partial charge in [0.25, 0.3) is 5.91 Å². The standard InChI is InChI=1S/C27H27FN2O3/c28-23-12-6-5-11-22(23)27(32)29-24(18-20-8-2-1-3-9-20)26(31)19-21-10-4-7-13-25(21)30-14-16-33-17-15-30/h1-13,24H,14-19H2,(H,29,32). The molecule has 0 radical (unpaired) electrons. The minimum atomic E-state index is -0.780. The van der Waals surface area contributed by atoms with Gasteiger partial charge in [0.15, 0.2) is 5.78 Å². The van der Waals surface area contributed by atoms with Crippen molar-refractivity contribution in [2.45, 2.75) is 18.9 Å². The third-order valence-electron chi connectivity index (χ3n) is 5.80. The summed E-state index contributed by atoms with van der Waals surface area (Å²) < 4.78 is 19.6. The summed E-state index contributed by atoms with van der Waals surface area (Å²) in [7, 11) is 0. The molecule has 0 saturated carbocycles. The van der Waals surface area contributed by atoms with E-state index >= 15 is 0 Å². The monoisotopic (exact) mass is 446 g/mol. The van der Waals surface area contributed by atoms with E-state index in [1.807, 2.05) is 54.6 Å². The molecule has 6 heteroatoms. The van der Waals surface area contributed by atoms with Gasteiger partial charge in [-0.25, -0.2) is 4.39 Å². The molecule has 1 fully saturated rings. The van der Waals surface area contributed by atoms with E-state index in [1.165, 1.54) is 18.2 Å². The highest BCUT2D eigenvalue weighted by atomic mass is 19.1. The number of rotatable bonds is 8. The molecule has 0 aromatic heterocycles. The topological polar surface area (TPSA) is 58.6 Å². The van der Waals surface area contributed by atoms with Crippen molar-refractivity contribution in [3.8, 4) is 0 Å². The van der Waals surface area contributed by atoms with E-state index in [0.29, 0.717) is 19.6 Å². The summed E-state index contributed by atoms with van der Waals surface area (Å²) in [6.07, 6.45) is 0.502. The predicted molar refractivity (Wildman–Crippen MR) is 126 cm³/mol. The molecule has 1 aliphatic rings. The van der Waals surface area contributed by atoms with Crippen molar-refractivity contribution in [1.29, 1.82) is 0 Å². The van der Waals surface area contributed by atoms with Crippen LogP contribution in [-0.2, 0) is 22.4 Å². The molecule has 3 aromatic rings. The van der Waals surface area contributed by atoms with Crippen LogP contribution in [0.2, 0.25) is 0 Å². The molecule has 4 rings (SSSR count). The minimum absolute atomic E-state index is 0.0721. The summed E-state index contributed by atoms with van der Waals surface area (Å²) in [5.41, 5.74) is 2.76. The van der Waals surface area contributed by atoms with Crippen LogP contribution < -0.4 is 10.2 Å². The summed E-state index contributed by atoms with van der Waals surface area (Å²) in [6, 6.07) is 22.3. The van der Waals surface area contributed by atoms with Gasteiger partial charge in [-0.2, -0.15) is 0 Å². The van der Waals surface area contributed by atoms with Gasteiger partial charge in [-0.1, -0.05) is 60.7 Å². The normalized spacial score (nSPS) is 14.5. The molecule has 1 N–H and O–H groups in total. The van der Waals surface area contributed by atoms with Gasteiger partial charge in [-0.15, -0.1) is 0 Å². The number of amides is 1. The Morgan fingerprint density at radius 3 is 2.33 bits per heavy atom. The number of morpholine rings is 1. The first-order valence-electron chi connectivity index (χ1n) is 11.1. The molecule has 0 spiro atoms. The Kier molecular flexibility index (Phi) is 7.47. The lowest BCUT2D eigenvalue weighted by Crippen LogP contribution is -2.43. The van der Waals surface area contributed by atoms with Gasteiger partial charge in [0, 0.05) is 25.2 Å². The van der Waals surface area contributed by atoms with Gasteiger partial charge in [0.2, 0.25) is 0 Å². The number of hydrogen-bond donors (Lipinski definition) is 1. The first kappa shape index (κ1) is 22.7. The number of nitrogens with one attached hydrogen (secondary N) is 1. The minimum Gasteiger partial charge on any atom is -0.378 e. The molecule has 1 saturated heterocycles. The van der Waals surface area contributed by atoms with E-state index in [-0.39, 0.29) is 17.8 Å². The van der Waals surface area contributed by atoms with E-state index in [2.05, 4.69) is 10.2 Å². The van der Waals surface area contributed by atoms with Crippen LogP contribution in [-0.4, -0.2) is 44.0 Å². The fourth-order valence-electron chi connectivity index (χ4n) is 4.06. The van der Waals surface area contributed by atoms with E-state index in [1.54, 1.807) is 6.07 Å². The van der Waals surface area contributed by atoms with Crippen molar-refractivity contribution in [2.75, 3.05) is 31.2 Å². The van der Waals surface area contributed by atoms with Gasteiger partial charge in [0.05, 0.1) is 24.8 Å². The molecule has 170 valence electrons. The van der Waals surface area contributed by atoms with Crippen LogP contribution in [0.5, 0.6) is 0 Å². The molecule has 1 atom stereocenters. The Morgan fingerprint density at radius 2 is 1.58 bits per heavy atom. The second-order valence-electron chi connectivity index (χ2n) is 8.07. The highest BCUT2D eigenvalue weighted by molar-refractivity contribution is 5.98. The zero-order valence-corrected chi connectivity index (χ0v) is 18.4. The molecule has 5 nitrogen and oxygen atoms in total. The van der Waals surface area contributed by atoms with Crippen LogP contribution in [0.3, 0.4) is 0 Å². The maximum Gasteiger partial charge on any atom is 0.254 e. The molecule has 0 bridgehead atoms. The largest absolute Gasteiger partial charge is 0.378 e. The zero-order chi connectivity index (χ0) is 23.0. The molecular formula is C27H27FN2O3. The van der Waals surface area contributed by atoms with Gasteiger partial charge >= 0.3 is 0 Å². The second kappa shape index (κ2) is 10.9. The molecule has 33 heavy (non-hydrogen) atoms. The van der Waals surface area contributed by atoms with Gasteiger partial charge in [-0.05, 0) is 35.7 Å². The molecule has 3 aromatic carbocycles. The summed E-state index contributed by atoms with van der Waals surface area (Å²) in [4.78, 5) is 28.5. The summed E-state index contributed by atoms with van der Waals surface area (Å²) in [5, 5.41) is 2.78. The molecule has 1 aliphatic heterocycles. The van der Waals surface area contributed by atoms with Crippen LogP contribution in [0.1, 0.15) is 21.5 Å². The van der Waals surface area contributed by atoms with Crippen LogP contribution in [0.15, 0.2) is 78.9 Å². The summed E-state index contributed by atoms with van der Waals surface area (Å²) in [6.45, 7) is 2.83. The number of ketones is 1. The fourth-order valence-corrected chi connectivity index (χ4v) is 4.06. The number of carbonyl (C=O) groups excluding carboxylic acids is 2. The zero-order valence-electron chi connectivity index (χ0n) is 18.4. The van der Waals surface area contributed by atoms with Gasteiger partial charge in [-0.3, -0.25) is 9.59 Å². The Balaban J connectivity index is 1.56. The lowest BCUT2D eigenvalue weighted by molar-refractivity contribution is -0.120. The number of nitrogens with zero attached hydrogens (tertiary/aromatic N) is 1. The number of anilines is 1. The number of Topliss-reactive ketones (excluding diaryl/α,β-unsaturated/α-hetero) is 1. The number of halogens is 1. The number of hydrogen-bond acceptors (Lipinski definition) is 4. The average Bonchev–Trinajstić information content (AvgIpc) is 2.85. The van der Waals surface area contributed by atoms with E-state index < -0.39 is 17.8 Å². The Labute approximate surface area is 193 Å². The lowest BCUT2D eigenvalue weighted by Gasteiger charge is -2.30. The van der Waals surface area contributed by atoms with Crippen molar-refractivity contribution in [1.82, 2.24) is 5.32 Å². The molecule has 1 amide bonds. The molecule has 0 aliphatic carbocycles. The van der Waals surface area contributed by atoms with Crippen molar-refractivity contribution in [3.05, 3.63) is 101 Å². The maximum absolute atomic E-state index is 14.2. The Hall–Kier alpha value is -3.51. The smallest absolute Gasteiger partial charge is 0.254 e. The SMILES string of the molecule is O=C(NC(Cc1ccccc1)C(=O)Cc1ccccc1N1CCOCC1)c1ccccc1F. The van der Waals surface area contributed by atoms with Crippen LogP contribution in [0, 0.1) is 5.82 Å². The third-order valence-corrected chi connectivity index (χ3v) is 5.80. The third kappa shape index (κ3) is 5.84. The highest BCUT2D eigenvalue weighted by Crippen LogP contribution is 2.23. The quantitative estimate of drug-likeness (QED) is 0.572. The Bertz CT molecular complexity index is 1100. The van der Waals surface area contributed by atoms with E-state index in [9.17, 15) is 14.0 Å². The summed E-state index contributed by atoms with van der Waals surface area (Å²) >= 11 is 0. The number of carbonyl (C=O) groups is 2. The van der Waals surface area contributed by atoms with Gasteiger partial charge < -0.3 is 15.0 Å². The second-order valence-corrected chi connectivity index (χ2v) is 8.07. The number of para-hydroxylation sites is 1. The van der Waals surface area contributed by atoms with Crippen molar-refractivity contribution < 1.29 is 18.7 Å². The molecule has 1 heterocycles. The van der Waals surface area contributed by atoms with Crippen LogP contribution in [0.25, 0.3) is 0 Å². The van der Waals surface area contributed by atoms with Crippen molar-refractivity contribution in [3.63, 3.8) is 0 Å². The van der Waals surface area contributed by atoms with E-state index in [4.69, 9.17) is 4.74 Å². The molecule has 1 unspecified atom stereocenters. The maximum atomic E-state index is 14.2. The number of benzene rings is 3. The first-order chi connectivity index (χ1) is 16.1. The number of ether oxygens (including phenoxy) is 1. The predicted octanol–water partition coefficient (Wildman–Crippen LogP) is 3.82. The van der Waals surface area contributed by atoms with Crippen LogP contribution in [0.4, 0.5) is 10.1 Å². The summed E-state index contributed by atoms with van der Waals surface area (Å²) in [5.74, 6) is -1.33. The van der Waals surface area contributed by atoms with Crippen LogP contribution >= 0.6 is 0 Å². The fraction of sp³-hybridized carbons (Fsp3) is 0.259. The molecular weight excluding hydrogens is 419 g/mol. The first-order valence-corrected chi connectivity index (χ1v) is 11.1. The van der Waals surface area contributed by atoms with Crippen molar-refractivity contribution in [2.24, 2.45) is 0 Å². The Morgan fingerprint density at radius 1 is 0.909 bits per heavy atom. The van der Waals surface area contributed by atoms with E-state index in [0.717, 1.165) is 29.9 Å².